The lowest BCUT2D eigenvalue weighted by Crippen LogP contribution is -2.52. The van der Waals surface area contributed by atoms with Gasteiger partial charge in [0.1, 0.15) is 5.75 Å². The molecule has 4 atom stereocenters. The van der Waals surface area contributed by atoms with Crippen molar-refractivity contribution in [3.8, 4) is 5.75 Å². The number of aromatic hydroxyl groups is 1. The minimum absolute atomic E-state index is 0.105. The quantitative estimate of drug-likeness (QED) is 0.499. The van der Waals surface area contributed by atoms with Crippen molar-refractivity contribution in [1.29, 1.82) is 0 Å². The van der Waals surface area contributed by atoms with Crippen LogP contribution in [0.3, 0.4) is 0 Å². The molecule has 4 rings (SSSR count). The molecule has 178 valence electrons. The fourth-order valence-corrected chi connectivity index (χ4v) is 6.33. The van der Waals surface area contributed by atoms with Gasteiger partial charge >= 0.3 is 0 Å². The lowest BCUT2D eigenvalue weighted by Gasteiger charge is -2.42. The Morgan fingerprint density at radius 3 is 2.64 bits per heavy atom. The summed E-state index contributed by atoms with van der Waals surface area (Å²) in [5.41, 5.74) is 0.998. The average Bonchev–Trinajstić information content (AvgIpc) is 2.83. The first kappa shape index (κ1) is 24.1. The molecule has 0 bridgehead atoms. The van der Waals surface area contributed by atoms with Gasteiger partial charge in [0.25, 0.3) is 5.91 Å². The van der Waals surface area contributed by atoms with Gasteiger partial charge in [-0.05, 0) is 62.4 Å². The molecular formula is C27H36N2O3S. The van der Waals surface area contributed by atoms with Crippen LogP contribution in [0.1, 0.15) is 48.0 Å². The van der Waals surface area contributed by atoms with Crippen LogP contribution in [0.15, 0.2) is 53.4 Å². The van der Waals surface area contributed by atoms with Crippen molar-refractivity contribution in [2.75, 3.05) is 25.4 Å². The monoisotopic (exact) mass is 468 g/mol. The molecule has 1 amide bonds. The van der Waals surface area contributed by atoms with Crippen LogP contribution in [-0.4, -0.2) is 58.6 Å². The maximum atomic E-state index is 13.1. The summed E-state index contributed by atoms with van der Waals surface area (Å²) in [6.45, 7) is 4.39. The fraction of sp³-hybridized carbons (Fsp3) is 0.519. The van der Waals surface area contributed by atoms with Crippen molar-refractivity contribution < 1.29 is 15.0 Å². The summed E-state index contributed by atoms with van der Waals surface area (Å²) < 4.78 is 0. The van der Waals surface area contributed by atoms with Crippen molar-refractivity contribution in [2.45, 2.75) is 56.1 Å². The van der Waals surface area contributed by atoms with Gasteiger partial charge in [0, 0.05) is 34.9 Å². The number of β-amino-alcohol motifs (C(OH)–C–C–N with tert-alkyl or cyclic N) is 1. The summed E-state index contributed by atoms with van der Waals surface area (Å²) in [4.78, 5) is 16.6. The van der Waals surface area contributed by atoms with E-state index in [0.29, 0.717) is 23.4 Å². The smallest absolute Gasteiger partial charge is 0.252 e. The Bertz CT molecular complexity index is 923. The van der Waals surface area contributed by atoms with E-state index >= 15 is 0 Å². The first-order chi connectivity index (χ1) is 16.0. The number of nitrogens with zero attached hydrogens (tertiary/aromatic N) is 1. The van der Waals surface area contributed by atoms with Crippen LogP contribution in [0.2, 0.25) is 0 Å². The average molecular weight is 469 g/mol. The number of benzene rings is 2. The Kier molecular flexibility index (Phi) is 8.34. The summed E-state index contributed by atoms with van der Waals surface area (Å²) in [7, 11) is 0. The number of aliphatic hydroxyl groups is 1. The Labute approximate surface area is 201 Å². The molecule has 1 aliphatic heterocycles. The number of amides is 1. The van der Waals surface area contributed by atoms with E-state index in [4.69, 9.17) is 0 Å². The number of hydrogen-bond acceptors (Lipinski definition) is 5. The zero-order valence-electron chi connectivity index (χ0n) is 19.5. The first-order valence-corrected chi connectivity index (χ1v) is 13.2. The lowest BCUT2D eigenvalue weighted by molar-refractivity contribution is 0.0344. The third-order valence-electron chi connectivity index (χ3n) is 7.32. The van der Waals surface area contributed by atoms with Crippen molar-refractivity contribution in [2.24, 2.45) is 11.8 Å². The highest BCUT2D eigenvalue weighted by molar-refractivity contribution is 7.99. The van der Waals surface area contributed by atoms with Gasteiger partial charge in [0.15, 0.2) is 0 Å². The van der Waals surface area contributed by atoms with Gasteiger partial charge in [-0.15, -0.1) is 11.8 Å². The normalized spacial score (nSPS) is 22.8. The molecule has 6 heteroatoms. The number of thioether (sulfide) groups is 1. The molecule has 1 saturated heterocycles. The maximum Gasteiger partial charge on any atom is 0.252 e. The summed E-state index contributed by atoms with van der Waals surface area (Å²) in [5, 5.41) is 24.3. The molecule has 3 N–H and O–H groups in total. The van der Waals surface area contributed by atoms with Crippen molar-refractivity contribution in [3.63, 3.8) is 0 Å². The van der Waals surface area contributed by atoms with E-state index in [1.807, 2.05) is 30.3 Å². The second kappa shape index (κ2) is 11.4. The van der Waals surface area contributed by atoms with Crippen molar-refractivity contribution in [3.05, 3.63) is 59.7 Å². The molecule has 5 nitrogen and oxygen atoms in total. The molecule has 2 aliphatic rings. The molecule has 1 saturated carbocycles. The van der Waals surface area contributed by atoms with Gasteiger partial charge in [-0.3, -0.25) is 4.79 Å². The van der Waals surface area contributed by atoms with Crippen LogP contribution in [0.25, 0.3) is 0 Å². The largest absolute Gasteiger partial charge is 0.508 e. The van der Waals surface area contributed by atoms with E-state index in [1.165, 1.54) is 32.1 Å². The van der Waals surface area contributed by atoms with Crippen molar-refractivity contribution >= 4 is 17.7 Å². The number of rotatable bonds is 8. The molecule has 2 fully saturated rings. The van der Waals surface area contributed by atoms with Crippen LogP contribution in [0, 0.1) is 18.8 Å². The number of hydrogen-bond donors (Lipinski definition) is 3. The van der Waals surface area contributed by atoms with E-state index in [2.05, 4.69) is 10.2 Å². The van der Waals surface area contributed by atoms with Gasteiger partial charge in [-0.2, -0.15) is 0 Å². The molecular weight excluding hydrogens is 432 g/mol. The van der Waals surface area contributed by atoms with Gasteiger partial charge in [0.2, 0.25) is 0 Å². The number of piperidine rings is 1. The fourth-order valence-electron chi connectivity index (χ4n) is 5.30. The van der Waals surface area contributed by atoms with Crippen LogP contribution in [0.4, 0.5) is 0 Å². The minimum atomic E-state index is -0.664. The van der Waals surface area contributed by atoms with Crippen molar-refractivity contribution in [1.82, 2.24) is 10.2 Å². The van der Waals surface area contributed by atoms with Gasteiger partial charge < -0.3 is 20.4 Å². The number of carbonyl (C=O) groups excluding carboxylic acids is 1. The molecule has 4 unspecified atom stereocenters. The summed E-state index contributed by atoms with van der Waals surface area (Å²) >= 11 is 1.64. The Balaban J connectivity index is 1.43. The lowest BCUT2D eigenvalue weighted by atomic mass is 9.75. The second-order valence-electron chi connectivity index (χ2n) is 9.57. The summed E-state index contributed by atoms with van der Waals surface area (Å²) in [6.07, 6.45) is 5.91. The predicted octanol–water partition coefficient (Wildman–Crippen LogP) is 4.46. The molecule has 2 aromatic carbocycles. The van der Waals surface area contributed by atoms with Crippen LogP contribution in [0.5, 0.6) is 5.75 Å². The molecule has 1 heterocycles. The number of phenols is 1. The summed E-state index contributed by atoms with van der Waals surface area (Å²) in [6, 6.07) is 14.6. The zero-order valence-corrected chi connectivity index (χ0v) is 20.3. The Hall–Kier alpha value is -2.02. The van der Waals surface area contributed by atoms with Gasteiger partial charge in [0.05, 0.1) is 12.1 Å². The SMILES string of the molecule is Cc1c(O)cccc1C(=O)NC(CSc1ccccc1)C(O)CN1CCC2CCCCC2C1. The van der Waals surface area contributed by atoms with E-state index in [0.717, 1.165) is 29.8 Å². The number of likely N-dealkylation sites (tertiary alicyclic amines) is 1. The van der Waals surface area contributed by atoms with Crippen LogP contribution >= 0.6 is 11.8 Å². The van der Waals surface area contributed by atoms with E-state index in [1.54, 1.807) is 36.9 Å². The highest BCUT2D eigenvalue weighted by Crippen LogP contribution is 2.36. The van der Waals surface area contributed by atoms with E-state index < -0.39 is 12.1 Å². The Morgan fingerprint density at radius 2 is 1.85 bits per heavy atom. The predicted molar refractivity (Wildman–Crippen MR) is 134 cm³/mol. The minimum Gasteiger partial charge on any atom is -0.508 e. The highest BCUT2D eigenvalue weighted by atomic mass is 32.2. The summed E-state index contributed by atoms with van der Waals surface area (Å²) in [5.74, 6) is 2.03. The molecule has 1 aliphatic carbocycles. The standard InChI is InChI=1S/C27H36N2O3S/c1-19-23(12-7-13-25(19)30)27(32)28-24(18-33-22-10-3-2-4-11-22)26(31)17-29-15-14-20-8-5-6-9-21(20)16-29/h2-4,7,10-13,20-21,24,26,30-31H,5-6,8-9,14-18H2,1H3,(H,28,32). The number of phenolic OH excluding ortho intramolecular Hbond substituents is 1. The molecule has 2 aromatic rings. The number of fused-ring (bicyclic) bond motifs is 1. The first-order valence-electron chi connectivity index (χ1n) is 12.2. The van der Waals surface area contributed by atoms with Gasteiger partial charge in [-0.25, -0.2) is 0 Å². The Morgan fingerprint density at radius 1 is 1.09 bits per heavy atom. The maximum absolute atomic E-state index is 13.1. The number of nitrogens with one attached hydrogen (secondary N) is 1. The van der Waals surface area contributed by atoms with Crippen LogP contribution < -0.4 is 5.32 Å². The van der Waals surface area contributed by atoms with Crippen LogP contribution in [-0.2, 0) is 0 Å². The highest BCUT2D eigenvalue weighted by Gasteiger charge is 2.33. The second-order valence-corrected chi connectivity index (χ2v) is 10.7. The number of carbonyl (C=O) groups is 1. The molecule has 0 radical (unpaired) electrons. The van der Waals surface area contributed by atoms with E-state index in [9.17, 15) is 15.0 Å². The third-order valence-corrected chi connectivity index (χ3v) is 8.46. The third kappa shape index (κ3) is 6.31. The number of aliphatic hydroxyl groups excluding tert-OH is 1. The molecule has 0 aromatic heterocycles. The topological polar surface area (TPSA) is 72.8 Å². The molecule has 33 heavy (non-hydrogen) atoms. The zero-order chi connectivity index (χ0) is 23.2. The molecule has 0 spiro atoms. The van der Waals surface area contributed by atoms with E-state index in [-0.39, 0.29) is 11.7 Å². The van der Waals surface area contributed by atoms with Gasteiger partial charge in [-0.1, -0.05) is 43.5 Å².